The Bertz CT molecular complexity index is 356. The van der Waals surface area contributed by atoms with Crippen LogP contribution in [-0.4, -0.2) is 28.8 Å². The molecule has 0 bridgehead atoms. The normalized spacial score (nSPS) is 27.4. The standard InChI is InChI=1S/C10H12N2O/c13-9-3-6-12-5-2-8-7(10(9)12)1-4-11-8/h1,4,10-11H,2-3,5-6H2. The Kier molecular flexibility index (Phi) is 1.38. The molecule has 68 valence electrons. The van der Waals surface area contributed by atoms with E-state index in [4.69, 9.17) is 0 Å². The third kappa shape index (κ3) is 0.907. The van der Waals surface area contributed by atoms with Crippen molar-refractivity contribution in [1.82, 2.24) is 9.88 Å². The van der Waals surface area contributed by atoms with Gasteiger partial charge in [-0.1, -0.05) is 0 Å². The summed E-state index contributed by atoms with van der Waals surface area (Å²) < 4.78 is 0. The molecule has 13 heavy (non-hydrogen) atoms. The van der Waals surface area contributed by atoms with E-state index in [0.29, 0.717) is 5.78 Å². The number of H-pyrrole nitrogens is 1. The van der Waals surface area contributed by atoms with Crippen LogP contribution < -0.4 is 0 Å². The maximum atomic E-state index is 11.6. The van der Waals surface area contributed by atoms with Crippen LogP contribution in [0.1, 0.15) is 23.7 Å². The van der Waals surface area contributed by atoms with E-state index in [1.54, 1.807) is 0 Å². The first-order valence-electron chi connectivity index (χ1n) is 4.79. The summed E-state index contributed by atoms with van der Waals surface area (Å²) in [5.41, 5.74) is 2.48. The smallest absolute Gasteiger partial charge is 0.155 e. The number of hydrogen-bond acceptors (Lipinski definition) is 2. The fourth-order valence-electron chi connectivity index (χ4n) is 2.48. The van der Waals surface area contributed by atoms with Gasteiger partial charge in [0.05, 0.1) is 6.04 Å². The Morgan fingerprint density at radius 3 is 3.15 bits per heavy atom. The molecule has 0 amide bonds. The third-order valence-electron chi connectivity index (χ3n) is 3.13. The summed E-state index contributed by atoms with van der Waals surface area (Å²) in [5, 5.41) is 0. The minimum atomic E-state index is 0.0787. The van der Waals surface area contributed by atoms with Crippen LogP contribution in [0, 0.1) is 0 Å². The molecule has 0 saturated carbocycles. The van der Waals surface area contributed by atoms with E-state index in [-0.39, 0.29) is 6.04 Å². The van der Waals surface area contributed by atoms with Crippen LogP contribution in [0.3, 0.4) is 0 Å². The Labute approximate surface area is 76.7 Å². The molecule has 3 heterocycles. The molecule has 3 heteroatoms. The van der Waals surface area contributed by atoms with Crippen LogP contribution in [0.15, 0.2) is 12.3 Å². The van der Waals surface area contributed by atoms with E-state index in [1.807, 2.05) is 6.20 Å². The summed E-state index contributed by atoms with van der Waals surface area (Å²) in [6.07, 6.45) is 3.74. The second kappa shape index (κ2) is 2.45. The number of nitrogens with zero attached hydrogens (tertiary/aromatic N) is 1. The molecule has 0 aromatic carbocycles. The maximum Gasteiger partial charge on any atom is 0.155 e. The van der Waals surface area contributed by atoms with Crippen molar-refractivity contribution in [2.45, 2.75) is 18.9 Å². The lowest BCUT2D eigenvalue weighted by atomic mass is 9.99. The summed E-state index contributed by atoms with van der Waals surface area (Å²) in [4.78, 5) is 17.1. The van der Waals surface area contributed by atoms with Crippen molar-refractivity contribution in [3.8, 4) is 0 Å². The number of carbonyl (C=O) groups is 1. The van der Waals surface area contributed by atoms with Gasteiger partial charge in [-0.25, -0.2) is 0 Å². The molecule has 0 aliphatic carbocycles. The molecular weight excluding hydrogens is 164 g/mol. The van der Waals surface area contributed by atoms with Gasteiger partial charge in [-0.05, 0) is 11.6 Å². The van der Waals surface area contributed by atoms with Crippen molar-refractivity contribution in [2.75, 3.05) is 13.1 Å². The van der Waals surface area contributed by atoms with Gasteiger partial charge in [0, 0.05) is 37.8 Å². The van der Waals surface area contributed by atoms with Crippen molar-refractivity contribution in [2.24, 2.45) is 0 Å². The average Bonchev–Trinajstić information content (AvgIpc) is 2.70. The molecule has 2 aliphatic heterocycles. The average molecular weight is 176 g/mol. The number of rotatable bonds is 0. The fraction of sp³-hybridized carbons (Fsp3) is 0.500. The second-order valence-corrected chi connectivity index (χ2v) is 3.82. The Balaban J connectivity index is 2.10. The van der Waals surface area contributed by atoms with E-state index in [1.165, 1.54) is 11.3 Å². The molecule has 0 spiro atoms. The Morgan fingerprint density at radius 2 is 2.23 bits per heavy atom. The van der Waals surface area contributed by atoms with Gasteiger partial charge in [-0.2, -0.15) is 0 Å². The number of nitrogens with one attached hydrogen (secondary N) is 1. The third-order valence-corrected chi connectivity index (χ3v) is 3.13. The van der Waals surface area contributed by atoms with Gasteiger partial charge in [0.25, 0.3) is 0 Å². The molecule has 2 aliphatic rings. The summed E-state index contributed by atoms with van der Waals surface area (Å²) >= 11 is 0. The quantitative estimate of drug-likeness (QED) is 0.637. The van der Waals surface area contributed by atoms with E-state index in [9.17, 15) is 4.79 Å². The molecule has 1 fully saturated rings. The molecule has 3 rings (SSSR count). The van der Waals surface area contributed by atoms with Crippen molar-refractivity contribution in [1.29, 1.82) is 0 Å². The summed E-state index contributed by atoms with van der Waals surface area (Å²) in [7, 11) is 0. The van der Waals surface area contributed by atoms with Crippen LogP contribution in [0.4, 0.5) is 0 Å². The number of ketones is 1. The lowest BCUT2D eigenvalue weighted by Gasteiger charge is -2.28. The molecule has 1 N–H and O–H groups in total. The summed E-state index contributed by atoms with van der Waals surface area (Å²) in [5.74, 6) is 0.389. The lowest BCUT2D eigenvalue weighted by Crippen LogP contribution is -2.32. The highest BCUT2D eigenvalue weighted by atomic mass is 16.1. The van der Waals surface area contributed by atoms with E-state index in [2.05, 4.69) is 16.0 Å². The minimum Gasteiger partial charge on any atom is -0.365 e. The van der Waals surface area contributed by atoms with Crippen LogP contribution >= 0.6 is 0 Å². The topological polar surface area (TPSA) is 36.1 Å². The van der Waals surface area contributed by atoms with Crippen LogP contribution in [0.5, 0.6) is 0 Å². The van der Waals surface area contributed by atoms with Gasteiger partial charge >= 0.3 is 0 Å². The molecule has 1 saturated heterocycles. The SMILES string of the molecule is O=C1CCN2CCc3[nH]ccc3C12. The van der Waals surface area contributed by atoms with Gasteiger partial charge < -0.3 is 4.98 Å². The first-order valence-corrected chi connectivity index (χ1v) is 4.79. The van der Waals surface area contributed by atoms with Crippen LogP contribution in [-0.2, 0) is 11.2 Å². The summed E-state index contributed by atoms with van der Waals surface area (Å²) in [6.45, 7) is 1.98. The van der Waals surface area contributed by atoms with Crippen molar-refractivity contribution >= 4 is 5.78 Å². The largest absolute Gasteiger partial charge is 0.365 e. The van der Waals surface area contributed by atoms with Gasteiger partial charge in [-0.3, -0.25) is 9.69 Å². The number of carbonyl (C=O) groups excluding carboxylic acids is 1. The zero-order valence-corrected chi connectivity index (χ0v) is 7.42. The second-order valence-electron chi connectivity index (χ2n) is 3.82. The number of Topliss-reactive ketones (excluding diaryl/α,β-unsaturated/α-hetero) is 1. The monoisotopic (exact) mass is 176 g/mol. The van der Waals surface area contributed by atoms with Gasteiger partial charge in [0.2, 0.25) is 0 Å². The predicted octanol–water partition coefficient (Wildman–Crippen LogP) is 0.887. The zero-order valence-electron chi connectivity index (χ0n) is 7.42. The fourth-order valence-corrected chi connectivity index (χ4v) is 2.48. The van der Waals surface area contributed by atoms with Crippen LogP contribution in [0.25, 0.3) is 0 Å². The predicted molar refractivity (Wildman–Crippen MR) is 48.4 cm³/mol. The molecular formula is C10H12N2O. The minimum absolute atomic E-state index is 0.0787. The zero-order chi connectivity index (χ0) is 8.84. The highest BCUT2D eigenvalue weighted by Gasteiger charge is 2.37. The van der Waals surface area contributed by atoms with Crippen molar-refractivity contribution in [3.05, 3.63) is 23.5 Å². The molecule has 3 nitrogen and oxygen atoms in total. The van der Waals surface area contributed by atoms with Crippen molar-refractivity contribution < 1.29 is 4.79 Å². The van der Waals surface area contributed by atoms with E-state index in [0.717, 1.165) is 25.9 Å². The van der Waals surface area contributed by atoms with E-state index < -0.39 is 0 Å². The van der Waals surface area contributed by atoms with Gasteiger partial charge in [0.1, 0.15) is 0 Å². The lowest BCUT2D eigenvalue weighted by molar-refractivity contribution is -0.120. The number of aromatic nitrogens is 1. The highest BCUT2D eigenvalue weighted by molar-refractivity contribution is 5.88. The maximum absolute atomic E-state index is 11.6. The molecule has 1 unspecified atom stereocenters. The molecule has 1 atom stereocenters. The molecule has 1 aromatic rings. The van der Waals surface area contributed by atoms with Gasteiger partial charge in [0.15, 0.2) is 5.78 Å². The molecule has 0 radical (unpaired) electrons. The molecule has 1 aromatic heterocycles. The summed E-state index contributed by atoms with van der Waals surface area (Å²) in [6, 6.07) is 2.13. The number of hydrogen-bond donors (Lipinski definition) is 1. The van der Waals surface area contributed by atoms with E-state index >= 15 is 0 Å². The first kappa shape index (κ1) is 7.33. The van der Waals surface area contributed by atoms with Crippen LogP contribution in [0.2, 0.25) is 0 Å². The number of aromatic amines is 1. The van der Waals surface area contributed by atoms with Gasteiger partial charge in [-0.15, -0.1) is 0 Å². The highest BCUT2D eigenvalue weighted by Crippen LogP contribution is 2.34. The number of fused-ring (bicyclic) bond motifs is 3. The Morgan fingerprint density at radius 1 is 1.38 bits per heavy atom. The first-order chi connectivity index (χ1) is 6.36. The van der Waals surface area contributed by atoms with Crippen molar-refractivity contribution in [3.63, 3.8) is 0 Å². The Hall–Kier alpha value is -1.09.